The van der Waals surface area contributed by atoms with Gasteiger partial charge < -0.3 is 21.7 Å². The van der Waals surface area contributed by atoms with E-state index in [0.717, 1.165) is 27.8 Å². The fourth-order valence-corrected chi connectivity index (χ4v) is 3.09. The number of hydrogen-bond acceptors (Lipinski definition) is 5. The lowest BCUT2D eigenvalue weighted by Gasteiger charge is -2.04. The number of anilines is 1. The fraction of sp³-hybridized carbons (Fsp3) is 0.105. The zero-order valence-corrected chi connectivity index (χ0v) is 17.0. The first-order chi connectivity index (χ1) is 12.8. The molecule has 1 aromatic carbocycles. The van der Waals surface area contributed by atoms with Crippen LogP contribution in [-0.4, -0.2) is 15.8 Å². The summed E-state index contributed by atoms with van der Waals surface area (Å²) < 4.78 is 10.1. The monoisotopic (exact) mass is 443 g/mol. The molecule has 0 saturated heterocycles. The number of rotatable bonds is 6. The Morgan fingerprint density at radius 2 is 2.11 bits per heavy atom. The first-order valence-corrected chi connectivity index (χ1v) is 9.03. The normalized spacial score (nSPS) is 10.9. The highest BCUT2D eigenvalue weighted by atomic mass is 79.9. The van der Waals surface area contributed by atoms with E-state index in [1.165, 1.54) is 11.3 Å². The molecule has 0 aliphatic carbocycles. The van der Waals surface area contributed by atoms with Gasteiger partial charge in [-0.3, -0.25) is 5.43 Å². The fourth-order valence-electron chi connectivity index (χ4n) is 2.62. The molecule has 1 N–H and O–H groups in total. The largest absolute Gasteiger partial charge is 1.00 e. The van der Waals surface area contributed by atoms with Gasteiger partial charge in [0.25, 0.3) is 5.65 Å². The van der Waals surface area contributed by atoms with Crippen LogP contribution in [0.25, 0.3) is 5.65 Å². The minimum atomic E-state index is 0. The molecule has 0 spiro atoms. The lowest BCUT2D eigenvalue weighted by Crippen LogP contribution is -3.00. The third kappa shape index (κ3) is 4.53. The number of ether oxygens (including phenoxy) is 1. The molecule has 3 aromatic heterocycles. The van der Waals surface area contributed by atoms with E-state index in [0.29, 0.717) is 6.61 Å². The highest BCUT2D eigenvalue weighted by molar-refractivity contribution is 7.13. The Kier molecular flexibility index (Phi) is 6.20. The smallest absolute Gasteiger partial charge is 0.286 e. The zero-order valence-electron chi connectivity index (χ0n) is 14.6. The van der Waals surface area contributed by atoms with E-state index in [2.05, 4.69) is 36.7 Å². The molecule has 0 saturated carbocycles. The molecule has 0 unspecified atom stereocenters. The molecule has 0 fully saturated rings. The van der Waals surface area contributed by atoms with E-state index in [-0.39, 0.29) is 17.0 Å². The molecular weight excluding hydrogens is 426 g/mol. The zero-order chi connectivity index (χ0) is 17.8. The van der Waals surface area contributed by atoms with E-state index in [1.54, 1.807) is 12.4 Å². The highest BCUT2D eigenvalue weighted by Crippen LogP contribution is 2.14. The molecule has 0 radical (unpaired) electrons. The lowest BCUT2D eigenvalue weighted by atomic mass is 10.2. The second kappa shape index (κ2) is 8.79. The summed E-state index contributed by atoms with van der Waals surface area (Å²) in [5.41, 5.74) is 6.12. The molecule has 0 aliphatic heterocycles. The van der Waals surface area contributed by atoms with Gasteiger partial charge in [0.15, 0.2) is 12.3 Å². The summed E-state index contributed by atoms with van der Waals surface area (Å²) in [4.78, 5) is 4.11. The van der Waals surface area contributed by atoms with Crippen molar-refractivity contribution in [3.8, 4) is 5.75 Å². The van der Waals surface area contributed by atoms with E-state index in [9.17, 15) is 0 Å². The summed E-state index contributed by atoms with van der Waals surface area (Å²) >= 11 is 1.51. The van der Waals surface area contributed by atoms with E-state index in [1.807, 2.05) is 55.0 Å². The standard InChI is InChI=1S/C19H18N5OS.BrH/c1-23-16(13-24-10-3-2-4-18(23)24)14-25-17-7-5-15(6-8-17)12-21-22-19-20-9-11-26-19;/h2-13H,14H2,1H3,(H,20,22);1H/q+1;/p-1/b21-12+;. The van der Waals surface area contributed by atoms with Gasteiger partial charge in [0.2, 0.25) is 5.13 Å². The van der Waals surface area contributed by atoms with Gasteiger partial charge in [0, 0.05) is 17.6 Å². The van der Waals surface area contributed by atoms with Crippen molar-refractivity contribution in [2.24, 2.45) is 12.1 Å². The van der Waals surface area contributed by atoms with Crippen LogP contribution in [0, 0.1) is 0 Å². The summed E-state index contributed by atoms with van der Waals surface area (Å²) in [5.74, 6) is 0.824. The Hall–Kier alpha value is -2.71. The Morgan fingerprint density at radius 3 is 2.85 bits per heavy atom. The molecule has 0 atom stereocenters. The van der Waals surface area contributed by atoms with Gasteiger partial charge in [-0.05, 0) is 35.9 Å². The number of nitrogens with zero attached hydrogens (tertiary/aromatic N) is 4. The van der Waals surface area contributed by atoms with E-state index in [4.69, 9.17) is 4.74 Å². The summed E-state index contributed by atoms with van der Waals surface area (Å²) in [6.45, 7) is 0.511. The number of benzene rings is 1. The van der Waals surface area contributed by atoms with Gasteiger partial charge in [-0.25, -0.2) is 14.0 Å². The van der Waals surface area contributed by atoms with Crippen LogP contribution in [0.1, 0.15) is 11.3 Å². The van der Waals surface area contributed by atoms with Crippen molar-refractivity contribution in [3.63, 3.8) is 0 Å². The number of nitrogens with one attached hydrogen (secondary N) is 1. The van der Waals surface area contributed by atoms with E-state index >= 15 is 0 Å². The number of pyridine rings is 1. The molecule has 6 nitrogen and oxygen atoms in total. The van der Waals surface area contributed by atoms with Gasteiger partial charge in [0.1, 0.15) is 11.9 Å². The third-order valence-electron chi connectivity index (χ3n) is 4.00. The minimum Gasteiger partial charge on any atom is -1.00 e. The number of thiazole rings is 1. The van der Waals surface area contributed by atoms with Crippen molar-refractivity contribution in [2.45, 2.75) is 6.61 Å². The Balaban J connectivity index is 0.00000210. The first kappa shape index (κ1) is 19.1. The predicted octanol–water partition coefficient (Wildman–Crippen LogP) is 0.249. The summed E-state index contributed by atoms with van der Waals surface area (Å²) in [6.07, 6.45) is 7.61. The second-order valence-corrected chi connectivity index (χ2v) is 6.61. The van der Waals surface area contributed by atoms with Crippen LogP contribution in [0.4, 0.5) is 5.13 Å². The average Bonchev–Trinajstić information content (AvgIpc) is 3.30. The maximum absolute atomic E-state index is 5.92. The minimum absolute atomic E-state index is 0. The van der Waals surface area contributed by atoms with E-state index < -0.39 is 0 Å². The number of aryl methyl sites for hydroxylation is 1. The molecule has 0 amide bonds. The van der Waals surface area contributed by atoms with Crippen LogP contribution in [0.5, 0.6) is 5.75 Å². The lowest BCUT2D eigenvalue weighted by molar-refractivity contribution is -0.511. The molecule has 4 aromatic rings. The molecule has 27 heavy (non-hydrogen) atoms. The van der Waals surface area contributed by atoms with Crippen molar-refractivity contribution in [3.05, 3.63) is 77.7 Å². The van der Waals surface area contributed by atoms with Crippen LogP contribution in [0.2, 0.25) is 0 Å². The average molecular weight is 444 g/mol. The number of fused-ring (bicyclic) bond motifs is 1. The number of aromatic nitrogens is 3. The molecule has 0 aliphatic rings. The molecule has 3 heterocycles. The van der Waals surface area contributed by atoms with Gasteiger partial charge >= 0.3 is 0 Å². The third-order valence-corrected chi connectivity index (χ3v) is 4.68. The summed E-state index contributed by atoms with van der Waals surface area (Å²) in [6, 6.07) is 14.0. The topological polar surface area (TPSA) is 55.5 Å². The van der Waals surface area contributed by atoms with Crippen molar-refractivity contribution < 1.29 is 26.1 Å². The number of hydrazone groups is 1. The van der Waals surface area contributed by atoms with Gasteiger partial charge in [0.05, 0.1) is 19.5 Å². The molecule has 0 bridgehead atoms. The van der Waals surface area contributed by atoms with Crippen molar-refractivity contribution in [2.75, 3.05) is 5.43 Å². The number of halogens is 1. The second-order valence-electron chi connectivity index (χ2n) is 5.71. The van der Waals surface area contributed by atoms with Crippen LogP contribution in [0.3, 0.4) is 0 Å². The van der Waals surface area contributed by atoms with Crippen LogP contribution in [0.15, 0.2) is 71.5 Å². The van der Waals surface area contributed by atoms with Crippen LogP contribution >= 0.6 is 11.3 Å². The SMILES string of the molecule is Cn1c(COc2ccc(/C=N/Nc3nccs3)cc2)c[n+]2ccccc12.[Br-]. The predicted molar refractivity (Wildman–Crippen MR) is 103 cm³/mol. The molecule has 4 rings (SSSR count). The highest BCUT2D eigenvalue weighted by Gasteiger charge is 2.13. The van der Waals surface area contributed by atoms with Crippen LogP contribution in [-0.2, 0) is 13.7 Å². The number of imidazole rings is 1. The van der Waals surface area contributed by atoms with Crippen molar-refractivity contribution >= 4 is 28.3 Å². The van der Waals surface area contributed by atoms with Gasteiger partial charge in [-0.15, -0.1) is 11.3 Å². The summed E-state index contributed by atoms with van der Waals surface area (Å²) in [5, 5.41) is 6.84. The maximum Gasteiger partial charge on any atom is 0.286 e. The van der Waals surface area contributed by atoms with Gasteiger partial charge in [-0.2, -0.15) is 5.10 Å². The Labute approximate surface area is 171 Å². The first-order valence-electron chi connectivity index (χ1n) is 8.15. The summed E-state index contributed by atoms with van der Waals surface area (Å²) in [7, 11) is 2.04. The quantitative estimate of drug-likeness (QED) is 0.264. The molecule has 138 valence electrons. The maximum atomic E-state index is 5.92. The number of hydrogen-bond donors (Lipinski definition) is 1. The van der Waals surface area contributed by atoms with Crippen molar-refractivity contribution in [1.29, 1.82) is 0 Å². The van der Waals surface area contributed by atoms with Crippen LogP contribution < -0.4 is 31.5 Å². The van der Waals surface area contributed by atoms with Gasteiger partial charge in [-0.1, -0.05) is 6.07 Å². The molecule has 8 heteroatoms. The van der Waals surface area contributed by atoms with Crippen molar-refractivity contribution in [1.82, 2.24) is 9.55 Å². The Morgan fingerprint density at radius 1 is 1.26 bits per heavy atom. The molecular formula is C19H18BrN5OS. The Bertz CT molecular complexity index is 1030.